The van der Waals surface area contributed by atoms with Crippen molar-refractivity contribution in [3.05, 3.63) is 12.2 Å². The first-order valence-electron chi connectivity index (χ1n) is 5.96. The topological polar surface area (TPSA) is 119 Å². The zero-order valence-corrected chi connectivity index (χ0v) is 11.1. The molecule has 1 aliphatic rings. The van der Waals surface area contributed by atoms with E-state index in [2.05, 4.69) is 10.1 Å². The predicted octanol–water partition coefficient (Wildman–Crippen LogP) is -1.54. The lowest BCUT2D eigenvalue weighted by Gasteiger charge is -2.22. The van der Waals surface area contributed by atoms with Gasteiger partial charge >= 0.3 is 12.1 Å². The summed E-state index contributed by atoms with van der Waals surface area (Å²) in [5, 5.41) is 2.11. The molecule has 0 aliphatic carbocycles. The monoisotopic (exact) mass is 323 g/mol. The fourth-order valence-electron chi connectivity index (χ4n) is 1.46. The number of hydrogen-bond acceptors (Lipinski definition) is 6. The molecule has 1 unspecified atom stereocenters. The van der Waals surface area contributed by atoms with E-state index in [9.17, 15) is 32.3 Å². The Kier molecular flexibility index (Phi) is 5.63. The van der Waals surface area contributed by atoms with Gasteiger partial charge in [0.05, 0.1) is 6.54 Å². The first-order chi connectivity index (χ1) is 10.2. The molecule has 0 radical (unpaired) electrons. The highest BCUT2D eigenvalue weighted by atomic mass is 19.4. The van der Waals surface area contributed by atoms with Crippen LogP contribution in [0, 0.1) is 0 Å². The molecule has 1 rings (SSSR count). The van der Waals surface area contributed by atoms with Crippen LogP contribution < -0.4 is 11.1 Å². The molecule has 0 aromatic rings. The van der Waals surface area contributed by atoms with Crippen LogP contribution >= 0.6 is 0 Å². The number of nitrogens with two attached hydrogens (primary N) is 1. The molecule has 0 bridgehead atoms. The van der Waals surface area contributed by atoms with E-state index in [1.54, 1.807) is 0 Å². The Bertz CT molecular complexity index is 500. The van der Waals surface area contributed by atoms with Crippen LogP contribution in [0.25, 0.3) is 0 Å². The van der Waals surface area contributed by atoms with E-state index in [0.717, 1.165) is 12.2 Å². The van der Waals surface area contributed by atoms with Gasteiger partial charge in [-0.05, 0) is 0 Å². The molecule has 0 aromatic carbocycles. The minimum atomic E-state index is -5.32. The van der Waals surface area contributed by atoms with Gasteiger partial charge in [0.1, 0.15) is 0 Å². The predicted molar refractivity (Wildman–Crippen MR) is 63.9 cm³/mol. The fraction of sp³-hybridized carbons (Fsp3) is 0.455. The summed E-state index contributed by atoms with van der Waals surface area (Å²) in [5.41, 5.74) is 5.12. The second-order valence-corrected chi connectivity index (χ2v) is 4.09. The summed E-state index contributed by atoms with van der Waals surface area (Å²) in [6.07, 6.45) is -5.55. The number of halogens is 3. The van der Waals surface area contributed by atoms with E-state index in [1.807, 2.05) is 0 Å². The third-order valence-electron chi connectivity index (χ3n) is 2.47. The average molecular weight is 323 g/mol. The summed E-state index contributed by atoms with van der Waals surface area (Å²) in [4.78, 5) is 45.7. The molecule has 1 heterocycles. The molecule has 0 spiro atoms. The first-order valence-corrected chi connectivity index (χ1v) is 5.96. The third kappa shape index (κ3) is 4.55. The van der Waals surface area contributed by atoms with Crippen molar-refractivity contribution in [1.82, 2.24) is 10.2 Å². The Morgan fingerprint density at radius 2 is 1.82 bits per heavy atom. The third-order valence-corrected chi connectivity index (χ3v) is 2.47. The van der Waals surface area contributed by atoms with E-state index >= 15 is 0 Å². The molecule has 11 heteroatoms. The summed E-state index contributed by atoms with van der Waals surface area (Å²) in [5.74, 6) is -5.36. The number of rotatable bonds is 6. The maximum absolute atomic E-state index is 12.2. The van der Waals surface area contributed by atoms with Crippen molar-refractivity contribution in [2.24, 2.45) is 5.73 Å². The summed E-state index contributed by atoms with van der Waals surface area (Å²) in [6.45, 7) is -0.920. The van der Waals surface area contributed by atoms with E-state index in [0.29, 0.717) is 4.90 Å². The number of carbonyl (C=O) groups excluding carboxylic acids is 4. The lowest BCUT2D eigenvalue weighted by molar-refractivity contribution is -0.206. The number of alkyl halides is 3. The molecule has 3 amide bonds. The van der Waals surface area contributed by atoms with Crippen molar-refractivity contribution in [1.29, 1.82) is 0 Å². The Labute approximate surface area is 122 Å². The zero-order chi connectivity index (χ0) is 16.9. The van der Waals surface area contributed by atoms with E-state index in [4.69, 9.17) is 5.73 Å². The zero-order valence-electron chi connectivity index (χ0n) is 11.1. The van der Waals surface area contributed by atoms with Gasteiger partial charge in [0, 0.05) is 25.2 Å². The minimum Gasteiger partial charge on any atom is -0.444 e. The molecule has 0 fully saturated rings. The Morgan fingerprint density at radius 1 is 1.27 bits per heavy atom. The summed E-state index contributed by atoms with van der Waals surface area (Å²) in [6, 6.07) is 0. The smallest absolute Gasteiger partial charge is 0.444 e. The molecular formula is C11H12F3N3O5. The van der Waals surface area contributed by atoms with Gasteiger partial charge in [-0.2, -0.15) is 13.2 Å². The van der Waals surface area contributed by atoms with Gasteiger partial charge in [-0.25, -0.2) is 4.79 Å². The highest BCUT2D eigenvalue weighted by Gasteiger charge is 2.44. The number of carbonyl (C=O) groups is 4. The number of hydrogen-bond donors (Lipinski definition) is 2. The van der Waals surface area contributed by atoms with Crippen LogP contribution in [0.5, 0.6) is 0 Å². The summed E-state index contributed by atoms with van der Waals surface area (Å²) >= 11 is 0. The van der Waals surface area contributed by atoms with Crippen molar-refractivity contribution >= 4 is 23.7 Å². The number of esters is 1. The van der Waals surface area contributed by atoms with Gasteiger partial charge in [-0.3, -0.25) is 19.3 Å². The second kappa shape index (κ2) is 7.02. The number of amides is 3. The standard InChI is InChI=1S/C11H12F3N3O5/c12-11(13,14)10(21)22-6(9(20)16-4-3-15)5-17-7(18)1-2-8(17)19/h1-2,6H,3-5,15H2,(H,16,20). The number of imide groups is 1. The minimum absolute atomic E-state index is 0.00515. The molecule has 0 aromatic heterocycles. The lowest BCUT2D eigenvalue weighted by Crippen LogP contribution is -2.49. The van der Waals surface area contributed by atoms with Crippen LogP contribution in [0.1, 0.15) is 0 Å². The molecular weight excluding hydrogens is 311 g/mol. The van der Waals surface area contributed by atoms with E-state index < -0.39 is 42.5 Å². The van der Waals surface area contributed by atoms with Crippen molar-refractivity contribution in [2.75, 3.05) is 19.6 Å². The maximum Gasteiger partial charge on any atom is 0.490 e. The first kappa shape index (κ1) is 17.6. The highest BCUT2D eigenvalue weighted by Crippen LogP contribution is 2.18. The Morgan fingerprint density at radius 3 is 2.27 bits per heavy atom. The highest BCUT2D eigenvalue weighted by molar-refractivity contribution is 6.13. The Hall–Kier alpha value is -2.43. The molecule has 1 atom stereocenters. The van der Waals surface area contributed by atoms with Crippen molar-refractivity contribution in [3.8, 4) is 0 Å². The van der Waals surface area contributed by atoms with Crippen molar-refractivity contribution in [3.63, 3.8) is 0 Å². The van der Waals surface area contributed by atoms with Crippen molar-refractivity contribution < 1.29 is 37.1 Å². The fourth-order valence-corrected chi connectivity index (χ4v) is 1.46. The molecule has 22 heavy (non-hydrogen) atoms. The van der Waals surface area contributed by atoms with Crippen LogP contribution in [0.3, 0.4) is 0 Å². The average Bonchev–Trinajstić information content (AvgIpc) is 2.74. The van der Waals surface area contributed by atoms with Gasteiger partial charge in [0.25, 0.3) is 17.7 Å². The number of ether oxygens (including phenoxy) is 1. The number of nitrogens with zero attached hydrogens (tertiary/aromatic N) is 1. The van der Waals surface area contributed by atoms with Crippen LogP contribution in [0.4, 0.5) is 13.2 Å². The molecule has 0 saturated carbocycles. The van der Waals surface area contributed by atoms with E-state index in [1.165, 1.54) is 0 Å². The lowest BCUT2D eigenvalue weighted by atomic mass is 10.3. The Balaban J connectivity index is 2.82. The molecule has 1 aliphatic heterocycles. The molecule has 8 nitrogen and oxygen atoms in total. The normalized spacial score (nSPS) is 15.9. The quantitative estimate of drug-likeness (QED) is 0.452. The van der Waals surface area contributed by atoms with E-state index in [-0.39, 0.29) is 13.1 Å². The number of nitrogens with one attached hydrogen (secondary N) is 1. The van der Waals surface area contributed by atoms with Gasteiger partial charge in [0.2, 0.25) is 0 Å². The molecule has 122 valence electrons. The molecule has 0 saturated heterocycles. The van der Waals surface area contributed by atoms with Gasteiger partial charge in [-0.15, -0.1) is 0 Å². The van der Waals surface area contributed by atoms with Crippen LogP contribution in [0.15, 0.2) is 12.2 Å². The summed E-state index contributed by atoms with van der Waals surface area (Å²) in [7, 11) is 0. The van der Waals surface area contributed by atoms with Crippen molar-refractivity contribution in [2.45, 2.75) is 12.3 Å². The van der Waals surface area contributed by atoms with Gasteiger partial charge in [0.15, 0.2) is 6.10 Å². The maximum atomic E-state index is 12.2. The van der Waals surface area contributed by atoms with Crippen LogP contribution in [-0.4, -0.2) is 60.5 Å². The largest absolute Gasteiger partial charge is 0.490 e. The van der Waals surface area contributed by atoms with Crippen LogP contribution in [0.2, 0.25) is 0 Å². The van der Waals surface area contributed by atoms with Gasteiger partial charge < -0.3 is 15.8 Å². The SMILES string of the molecule is NCCNC(=O)C(CN1C(=O)C=CC1=O)OC(=O)C(F)(F)F. The molecule has 3 N–H and O–H groups in total. The van der Waals surface area contributed by atoms with Gasteiger partial charge in [-0.1, -0.05) is 0 Å². The summed E-state index contributed by atoms with van der Waals surface area (Å²) < 4.78 is 40.7. The van der Waals surface area contributed by atoms with Crippen LogP contribution in [-0.2, 0) is 23.9 Å². The second-order valence-electron chi connectivity index (χ2n) is 4.09.